The number of rotatable bonds is 10. The highest BCUT2D eigenvalue weighted by Gasteiger charge is 2.11. The first-order valence-corrected chi connectivity index (χ1v) is 13.4. The van der Waals surface area contributed by atoms with E-state index in [1.54, 1.807) is 24.3 Å². The minimum absolute atomic E-state index is 0.0367. The summed E-state index contributed by atoms with van der Waals surface area (Å²) in [5.41, 5.74) is 3.25. The molecule has 0 saturated heterocycles. The maximum Gasteiger partial charge on any atom is 0.306 e. The molecule has 0 saturated carbocycles. The fourth-order valence-electron chi connectivity index (χ4n) is 4.07. The lowest BCUT2D eigenvalue weighted by molar-refractivity contribution is -0.147. The van der Waals surface area contributed by atoms with Gasteiger partial charge in [-0.05, 0) is 79.2 Å². The van der Waals surface area contributed by atoms with Crippen LogP contribution in [0, 0.1) is 13.8 Å². The number of esters is 1. The van der Waals surface area contributed by atoms with E-state index >= 15 is 0 Å². The molecule has 0 unspecified atom stereocenters. The van der Waals surface area contributed by atoms with Gasteiger partial charge in [-0.15, -0.1) is 0 Å². The maximum atomic E-state index is 12.3. The van der Waals surface area contributed by atoms with E-state index < -0.39 is 11.9 Å². The lowest BCUT2D eigenvalue weighted by Gasteiger charge is -2.11. The van der Waals surface area contributed by atoms with Crippen molar-refractivity contribution in [1.82, 2.24) is 0 Å². The number of carbonyl (C=O) groups excluding carboxylic acids is 3. The van der Waals surface area contributed by atoms with Crippen LogP contribution in [-0.4, -0.2) is 24.4 Å². The summed E-state index contributed by atoms with van der Waals surface area (Å²) in [6.07, 6.45) is 0.488. The van der Waals surface area contributed by atoms with Crippen molar-refractivity contribution in [3.63, 3.8) is 0 Å². The molecule has 8 heteroatoms. The van der Waals surface area contributed by atoms with E-state index in [-0.39, 0.29) is 25.4 Å². The zero-order chi connectivity index (χ0) is 27.8. The first-order valence-electron chi connectivity index (χ1n) is 12.6. The first-order chi connectivity index (χ1) is 18.8. The fourth-order valence-corrected chi connectivity index (χ4v) is 4.30. The van der Waals surface area contributed by atoms with Crippen LogP contribution in [0.2, 0.25) is 0 Å². The molecule has 0 spiro atoms. The van der Waals surface area contributed by atoms with E-state index in [9.17, 15) is 14.4 Å². The minimum atomic E-state index is -0.531. The highest BCUT2D eigenvalue weighted by atomic mass is 79.9. The summed E-state index contributed by atoms with van der Waals surface area (Å²) in [6, 6.07) is 24.7. The predicted molar refractivity (Wildman–Crippen MR) is 156 cm³/mol. The van der Waals surface area contributed by atoms with Crippen LogP contribution in [0.1, 0.15) is 30.4 Å². The molecule has 39 heavy (non-hydrogen) atoms. The summed E-state index contributed by atoms with van der Waals surface area (Å²) in [5, 5.41) is 7.65. The van der Waals surface area contributed by atoms with Gasteiger partial charge in [0, 0.05) is 34.1 Å². The minimum Gasteiger partial charge on any atom is -0.457 e. The molecule has 2 N–H and O–H groups in total. The molecule has 0 heterocycles. The van der Waals surface area contributed by atoms with Crippen LogP contribution in [-0.2, 0) is 19.1 Å². The van der Waals surface area contributed by atoms with Gasteiger partial charge in [-0.2, -0.15) is 0 Å². The zero-order valence-electron chi connectivity index (χ0n) is 21.8. The molecule has 0 fully saturated rings. The molecule has 0 aliphatic carbocycles. The number of anilines is 2. The van der Waals surface area contributed by atoms with Crippen molar-refractivity contribution in [3.05, 3.63) is 94.5 Å². The Morgan fingerprint density at radius 2 is 1.44 bits per heavy atom. The Morgan fingerprint density at radius 1 is 0.769 bits per heavy atom. The average Bonchev–Trinajstić information content (AvgIpc) is 2.92. The van der Waals surface area contributed by atoms with Crippen LogP contribution < -0.4 is 15.4 Å². The Morgan fingerprint density at radius 3 is 2.18 bits per heavy atom. The van der Waals surface area contributed by atoms with Crippen LogP contribution in [0.3, 0.4) is 0 Å². The Balaban J connectivity index is 1.16. The second-order valence-electron chi connectivity index (χ2n) is 9.14. The largest absolute Gasteiger partial charge is 0.457 e. The van der Waals surface area contributed by atoms with Gasteiger partial charge < -0.3 is 20.1 Å². The molecule has 2 amide bonds. The highest BCUT2D eigenvalue weighted by Crippen LogP contribution is 2.30. The molecule has 0 aliphatic heterocycles. The molecule has 4 aromatic rings. The zero-order valence-corrected chi connectivity index (χ0v) is 23.3. The normalized spacial score (nSPS) is 10.6. The SMILES string of the molecule is Cc1cc(NC(=O)COC(=O)CCCC(=O)Nc2ccc(Oc3cccc4ccccc34)cc2)cc(C)c1Br. The lowest BCUT2D eigenvalue weighted by Crippen LogP contribution is -2.21. The number of amides is 2. The first kappa shape index (κ1) is 27.9. The smallest absolute Gasteiger partial charge is 0.306 e. The molecule has 200 valence electrons. The van der Waals surface area contributed by atoms with Crippen molar-refractivity contribution in [1.29, 1.82) is 0 Å². The van der Waals surface area contributed by atoms with Crippen LogP contribution in [0.5, 0.6) is 11.5 Å². The second-order valence-corrected chi connectivity index (χ2v) is 9.93. The van der Waals surface area contributed by atoms with E-state index in [4.69, 9.17) is 9.47 Å². The van der Waals surface area contributed by atoms with E-state index in [0.717, 1.165) is 32.1 Å². The standard InChI is InChI=1S/C31H29BrN2O5/c1-20-17-24(18-21(2)31(20)32)34-29(36)19-38-30(37)12-6-11-28(35)33-23-13-15-25(16-14-23)39-27-10-5-8-22-7-3-4-9-26(22)27/h3-5,7-10,13-18H,6,11-12,19H2,1-2H3,(H,33,35)(H,34,36). The molecule has 0 aromatic heterocycles. The number of hydrogen-bond donors (Lipinski definition) is 2. The Kier molecular flexibility index (Phi) is 9.33. The van der Waals surface area contributed by atoms with E-state index in [1.165, 1.54) is 0 Å². The number of ether oxygens (including phenoxy) is 2. The van der Waals surface area contributed by atoms with Crippen molar-refractivity contribution in [2.24, 2.45) is 0 Å². The van der Waals surface area contributed by atoms with E-state index in [0.29, 0.717) is 23.5 Å². The Hall–Kier alpha value is -4.17. The van der Waals surface area contributed by atoms with Crippen LogP contribution >= 0.6 is 15.9 Å². The summed E-state index contributed by atoms with van der Waals surface area (Å²) >= 11 is 3.49. The number of benzene rings is 4. The third-order valence-corrected chi connectivity index (χ3v) is 7.24. The molecular weight excluding hydrogens is 560 g/mol. The molecule has 7 nitrogen and oxygen atoms in total. The van der Waals surface area contributed by atoms with Crippen molar-refractivity contribution < 1.29 is 23.9 Å². The van der Waals surface area contributed by atoms with Gasteiger partial charge >= 0.3 is 5.97 Å². The topological polar surface area (TPSA) is 93.7 Å². The second kappa shape index (κ2) is 13.1. The van der Waals surface area contributed by atoms with Gasteiger partial charge in [0.15, 0.2) is 6.61 Å². The van der Waals surface area contributed by atoms with Gasteiger partial charge in [0.2, 0.25) is 5.91 Å². The lowest BCUT2D eigenvalue weighted by atomic mass is 10.1. The maximum absolute atomic E-state index is 12.3. The van der Waals surface area contributed by atoms with Gasteiger partial charge in [0.05, 0.1) is 0 Å². The molecule has 0 bridgehead atoms. The number of nitrogens with one attached hydrogen (secondary N) is 2. The van der Waals surface area contributed by atoms with Crippen LogP contribution in [0.15, 0.2) is 83.3 Å². The summed E-state index contributed by atoms with van der Waals surface area (Å²) < 4.78 is 12.1. The van der Waals surface area contributed by atoms with Gasteiger partial charge in [-0.1, -0.05) is 52.3 Å². The fraction of sp³-hybridized carbons (Fsp3) is 0.194. The summed E-state index contributed by atoms with van der Waals surface area (Å²) in [6.45, 7) is 3.48. The number of carbonyl (C=O) groups is 3. The highest BCUT2D eigenvalue weighted by molar-refractivity contribution is 9.10. The molecule has 0 radical (unpaired) electrons. The monoisotopic (exact) mass is 588 g/mol. The number of hydrogen-bond acceptors (Lipinski definition) is 5. The van der Waals surface area contributed by atoms with Crippen molar-refractivity contribution in [3.8, 4) is 11.5 Å². The van der Waals surface area contributed by atoms with Gasteiger partial charge in [0.25, 0.3) is 5.91 Å². The van der Waals surface area contributed by atoms with Crippen molar-refractivity contribution >= 4 is 55.9 Å². The number of aryl methyl sites for hydroxylation is 2. The summed E-state index contributed by atoms with van der Waals surface area (Å²) in [5.74, 6) is 0.240. The summed E-state index contributed by atoms with van der Waals surface area (Å²) in [4.78, 5) is 36.4. The third kappa shape index (κ3) is 7.91. The van der Waals surface area contributed by atoms with Crippen LogP contribution in [0.25, 0.3) is 10.8 Å². The average molecular weight is 589 g/mol. The molecule has 4 aromatic carbocycles. The van der Waals surface area contributed by atoms with Crippen LogP contribution in [0.4, 0.5) is 11.4 Å². The molecule has 4 rings (SSSR count). The molecule has 0 aliphatic rings. The Labute approximate surface area is 235 Å². The van der Waals surface area contributed by atoms with Gasteiger partial charge in [0.1, 0.15) is 11.5 Å². The van der Waals surface area contributed by atoms with Crippen molar-refractivity contribution in [2.75, 3.05) is 17.2 Å². The van der Waals surface area contributed by atoms with E-state index in [2.05, 4.69) is 26.6 Å². The summed E-state index contributed by atoms with van der Waals surface area (Å²) in [7, 11) is 0. The molecular formula is C31H29BrN2O5. The number of halogens is 1. The van der Waals surface area contributed by atoms with Gasteiger partial charge in [-0.25, -0.2) is 0 Å². The number of fused-ring (bicyclic) bond motifs is 1. The quantitative estimate of drug-likeness (QED) is 0.189. The molecule has 0 atom stereocenters. The van der Waals surface area contributed by atoms with Crippen molar-refractivity contribution in [2.45, 2.75) is 33.1 Å². The Bertz CT molecular complexity index is 1470. The van der Waals surface area contributed by atoms with E-state index in [1.807, 2.05) is 68.4 Å². The predicted octanol–water partition coefficient (Wildman–Crippen LogP) is 7.30. The third-order valence-electron chi connectivity index (χ3n) is 5.98. The van der Waals surface area contributed by atoms with Gasteiger partial charge in [-0.3, -0.25) is 14.4 Å².